The molecule has 1 amide bonds. The Hall–Kier alpha value is -4.31. The Morgan fingerprint density at radius 1 is 0.737 bits per heavy atom. The van der Waals surface area contributed by atoms with Crippen LogP contribution in [-0.2, 0) is 11.4 Å². The number of rotatable bonds is 10. The number of hydrogen-bond acceptors (Lipinski definition) is 3. The van der Waals surface area contributed by atoms with Crippen molar-refractivity contribution >= 4 is 22.7 Å². The summed E-state index contributed by atoms with van der Waals surface area (Å²) in [6, 6.07) is 34.7. The van der Waals surface area contributed by atoms with Gasteiger partial charge in [0.1, 0.15) is 18.1 Å². The van der Waals surface area contributed by atoms with Crippen LogP contribution < -0.4 is 14.8 Å². The van der Waals surface area contributed by atoms with Gasteiger partial charge in [-0.05, 0) is 76.2 Å². The molecule has 1 N–H and O–H groups in total. The van der Waals surface area contributed by atoms with Crippen molar-refractivity contribution in [3.05, 3.63) is 125 Å². The van der Waals surface area contributed by atoms with Gasteiger partial charge in [-0.2, -0.15) is 0 Å². The first kappa shape index (κ1) is 26.7. The molecular weight excluding hydrogens is 470 g/mol. The van der Waals surface area contributed by atoms with E-state index in [1.54, 1.807) is 7.11 Å². The fourth-order valence-electron chi connectivity index (χ4n) is 4.30. The molecule has 0 radical (unpaired) electrons. The molecule has 0 saturated carbocycles. The molecule has 0 fully saturated rings. The van der Waals surface area contributed by atoms with E-state index in [9.17, 15) is 4.79 Å². The lowest BCUT2D eigenvalue weighted by Crippen LogP contribution is -2.17. The molecular formula is C34H35NO3. The van der Waals surface area contributed by atoms with Crippen LogP contribution in [-0.4, -0.2) is 13.0 Å². The topological polar surface area (TPSA) is 47.6 Å². The van der Waals surface area contributed by atoms with Crippen LogP contribution >= 0.6 is 0 Å². The molecule has 0 aliphatic rings. The second-order valence-corrected chi connectivity index (χ2v) is 9.46. The highest BCUT2D eigenvalue weighted by Gasteiger charge is 2.15. The normalized spacial score (nSPS) is 11.6. The summed E-state index contributed by atoms with van der Waals surface area (Å²) in [7, 11) is 1.68. The van der Waals surface area contributed by atoms with Crippen LogP contribution in [0.3, 0.4) is 0 Å². The van der Waals surface area contributed by atoms with Crippen LogP contribution in [0.15, 0.2) is 103 Å². The predicted octanol–water partition coefficient (Wildman–Crippen LogP) is 8.24. The number of benzene rings is 4. The highest BCUT2D eigenvalue weighted by atomic mass is 16.5. The Morgan fingerprint density at radius 2 is 1.29 bits per heavy atom. The Balaban J connectivity index is 1.68. The first-order valence-corrected chi connectivity index (χ1v) is 13.0. The Kier molecular flexibility index (Phi) is 8.99. The minimum Gasteiger partial charge on any atom is -0.497 e. The molecule has 0 aliphatic carbocycles. The van der Waals surface area contributed by atoms with E-state index >= 15 is 0 Å². The Labute approximate surface area is 226 Å². The number of carbonyl (C=O) groups is 1. The van der Waals surface area contributed by atoms with E-state index in [0.29, 0.717) is 6.61 Å². The highest BCUT2D eigenvalue weighted by molar-refractivity contribution is 5.99. The third kappa shape index (κ3) is 6.71. The first-order chi connectivity index (χ1) is 18.5. The lowest BCUT2D eigenvalue weighted by Gasteiger charge is -2.18. The zero-order valence-corrected chi connectivity index (χ0v) is 22.5. The van der Waals surface area contributed by atoms with E-state index in [1.165, 1.54) is 5.57 Å². The number of allylic oxidation sites excluding steroid dienone is 1. The lowest BCUT2D eigenvalue weighted by atomic mass is 9.88. The summed E-state index contributed by atoms with van der Waals surface area (Å²) in [6.45, 7) is 6.49. The zero-order valence-electron chi connectivity index (χ0n) is 22.5. The van der Waals surface area contributed by atoms with Crippen LogP contribution in [0.4, 0.5) is 5.69 Å². The predicted molar refractivity (Wildman–Crippen MR) is 156 cm³/mol. The van der Waals surface area contributed by atoms with Gasteiger partial charge in [-0.15, -0.1) is 0 Å². The number of ether oxygens (including phenoxy) is 2. The average molecular weight is 506 g/mol. The van der Waals surface area contributed by atoms with Crippen LogP contribution in [0.5, 0.6) is 11.5 Å². The van der Waals surface area contributed by atoms with Gasteiger partial charge in [0.05, 0.1) is 7.11 Å². The molecule has 4 heteroatoms. The SMILES string of the molecule is CC/C(=C(\c1ccc(NC(=O)C(C)C)cc1)c1ccc(OC)cc1)c1ccc(OCc2ccccc2)cc1. The second kappa shape index (κ2) is 12.8. The summed E-state index contributed by atoms with van der Waals surface area (Å²) >= 11 is 0. The number of anilines is 1. The van der Waals surface area contributed by atoms with E-state index in [1.807, 2.05) is 68.4 Å². The van der Waals surface area contributed by atoms with Gasteiger partial charge in [0.2, 0.25) is 5.91 Å². The largest absolute Gasteiger partial charge is 0.497 e. The minimum absolute atomic E-state index is 0.00694. The second-order valence-electron chi connectivity index (χ2n) is 9.46. The van der Waals surface area contributed by atoms with E-state index in [0.717, 1.165) is 51.4 Å². The monoisotopic (exact) mass is 505 g/mol. The molecule has 4 nitrogen and oxygen atoms in total. The van der Waals surface area contributed by atoms with Crippen molar-refractivity contribution in [3.63, 3.8) is 0 Å². The highest BCUT2D eigenvalue weighted by Crippen LogP contribution is 2.36. The summed E-state index contributed by atoms with van der Waals surface area (Å²) in [5.41, 5.74) is 7.63. The summed E-state index contributed by atoms with van der Waals surface area (Å²) in [5.74, 6) is 1.59. The third-order valence-corrected chi connectivity index (χ3v) is 6.45. The molecule has 194 valence electrons. The van der Waals surface area contributed by atoms with Crippen LogP contribution in [0.2, 0.25) is 0 Å². The molecule has 0 atom stereocenters. The molecule has 0 aromatic heterocycles. The quantitative estimate of drug-likeness (QED) is 0.221. The van der Waals surface area contributed by atoms with Gasteiger partial charge in [-0.1, -0.05) is 87.5 Å². The Bertz CT molecular complexity index is 1350. The number of methoxy groups -OCH3 is 1. The maximum absolute atomic E-state index is 12.2. The number of nitrogens with one attached hydrogen (secondary N) is 1. The molecule has 0 aliphatic heterocycles. The number of hydrogen-bond donors (Lipinski definition) is 1. The zero-order chi connectivity index (χ0) is 26.9. The van der Waals surface area contributed by atoms with Crippen molar-refractivity contribution in [2.24, 2.45) is 5.92 Å². The fourth-order valence-corrected chi connectivity index (χ4v) is 4.30. The van der Waals surface area contributed by atoms with Gasteiger partial charge < -0.3 is 14.8 Å². The molecule has 4 aromatic carbocycles. The molecule has 0 heterocycles. The molecule has 4 rings (SSSR count). The summed E-state index contributed by atoms with van der Waals surface area (Å²) in [4.78, 5) is 12.2. The van der Waals surface area contributed by atoms with Gasteiger partial charge in [0.25, 0.3) is 0 Å². The van der Waals surface area contributed by atoms with Crippen molar-refractivity contribution in [3.8, 4) is 11.5 Å². The molecule has 0 saturated heterocycles. The van der Waals surface area contributed by atoms with Crippen molar-refractivity contribution in [1.29, 1.82) is 0 Å². The van der Waals surface area contributed by atoms with Crippen LogP contribution in [0, 0.1) is 5.92 Å². The van der Waals surface area contributed by atoms with E-state index in [4.69, 9.17) is 9.47 Å². The maximum atomic E-state index is 12.2. The molecule has 38 heavy (non-hydrogen) atoms. The molecule has 0 bridgehead atoms. The van der Waals surface area contributed by atoms with Crippen LogP contribution in [0.1, 0.15) is 49.4 Å². The summed E-state index contributed by atoms with van der Waals surface area (Å²) in [6.07, 6.45) is 0.845. The van der Waals surface area contributed by atoms with Gasteiger partial charge in [0, 0.05) is 11.6 Å². The van der Waals surface area contributed by atoms with E-state index in [2.05, 4.69) is 60.8 Å². The van der Waals surface area contributed by atoms with Crippen LogP contribution in [0.25, 0.3) is 11.1 Å². The fraction of sp³-hybridized carbons (Fsp3) is 0.206. The maximum Gasteiger partial charge on any atom is 0.226 e. The standard InChI is InChI=1S/C34H35NO3/c1-5-32(26-13-21-31(22-14-26)38-23-25-9-7-6-8-10-25)33(28-15-19-30(37-4)20-16-28)27-11-17-29(18-12-27)35-34(36)24(2)3/h6-22,24H,5,23H2,1-4H3,(H,35,36)/b33-32-. The summed E-state index contributed by atoms with van der Waals surface area (Å²) in [5, 5.41) is 2.98. The Morgan fingerprint density at radius 3 is 1.84 bits per heavy atom. The molecule has 4 aromatic rings. The molecule has 0 spiro atoms. The van der Waals surface area contributed by atoms with Crippen molar-refractivity contribution in [2.45, 2.75) is 33.8 Å². The third-order valence-electron chi connectivity index (χ3n) is 6.45. The van der Waals surface area contributed by atoms with Crippen molar-refractivity contribution < 1.29 is 14.3 Å². The summed E-state index contributed by atoms with van der Waals surface area (Å²) < 4.78 is 11.4. The smallest absolute Gasteiger partial charge is 0.226 e. The van der Waals surface area contributed by atoms with Crippen molar-refractivity contribution in [1.82, 2.24) is 0 Å². The van der Waals surface area contributed by atoms with Gasteiger partial charge >= 0.3 is 0 Å². The van der Waals surface area contributed by atoms with Crippen molar-refractivity contribution in [2.75, 3.05) is 12.4 Å². The first-order valence-electron chi connectivity index (χ1n) is 13.0. The van der Waals surface area contributed by atoms with E-state index < -0.39 is 0 Å². The molecule has 0 unspecified atom stereocenters. The number of carbonyl (C=O) groups excluding carboxylic acids is 1. The van der Waals surface area contributed by atoms with Gasteiger partial charge in [-0.25, -0.2) is 0 Å². The minimum atomic E-state index is -0.0734. The van der Waals surface area contributed by atoms with Gasteiger partial charge in [0.15, 0.2) is 0 Å². The van der Waals surface area contributed by atoms with E-state index in [-0.39, 0.29) is 11.8 Å². The van der Waals surface area contributed by atoms with Gasteiger partial charge in [-0.3, -0.25) is 4.79 Å². The average Bonchev–Trinajstić information content (AvgIpc) is 2.96. The lowest BCUT2D eigenvalue weighted by molar-refractivity contribution is -0.118. The number of amides is 1.